The average Bonchev–Trinajstić information content (AvgIpc) is 3.21. The van der Waals surface area contributed by atoms with E-state index in [0.717, 1.165) is 7.11 Å². The van der Waals surface area contributed by atoms with Gasteiger partial charge in [0.1, 0.15) is 0 Å². The summed E-state index contributed by atoms with van der Waals surface area (Å²) < 4.78 is 0. The minimum Gasteiger partial charge on any atom is -0.400 e. The first-order chi connectivity index (χ1) is 9.00. The molecule has 1 N–H and O–H groups in total. The van der Waals surface area contributed by atoms with Gasteiger partial charge in [0.25, 0.3) is 0 Å². The van der Waals surface area contributed by atoms with Gasteiger partial charge in [-0.05, 0) is 0 Å². The van der Waals surface area contributed by atoms with Crippen molar-refractivity contribution in [2.45, 2.75) is 0 Å². The number of halogens is 1. The van der Waals surface area contributed by atoms with Crippen LogP contribution in [-0.4, -0.2) is 12.2 Å². The van der Waals surface area contributed by atoms with Crippen LogP contribution in [0.5, 0.6) is 0 Å². The van der Waals surface area contributed by atoms with Crippen molar-refractivity contribution in [1.29, 1.82) is 0 Å². The van der Waals surface area contributed by atoms with Crippen molar-refractivity contribution >= 4 is 12.4 Å². The SMILES string of the molecule is CO.Cl.[Zr+3].[c-]1ccccc1.c1cc[cH-]c1.c1cc[cH-]c1. The van der Waals surface area contributed by atoms with Gasteiger partial charge in [0, 0.05) is 7.11 Å². The van der Waals surface area contributed by atoms with Gasteiger partial charge in [-0.3, -0.25) is 0 Å². The van der Waals surface area contributed by atoms with Crippen LogP contribution in [0, 0.1) is 6.07 Å². The summed E-state index contributed by atoms with van der Waals surface area (Å²) in [7, 11) is 1.00. The van der Waals surface area contributed by atoms with Crippen LogP contribution >= 0.6 is 12.4 Å². The van der Waals surface area contributed by atoms with Crippen molar-refractivity contribution in [3.8, 4) is 0 Å². The summed E-state index contributed by atoms with van der Waals surface area (Å²) in [5.41, 5.74) is 0. The quantitative estimate of drug-likeness (QED) is 0.587. The predicted octanol–water partition coefficient (Wildman–Crippen LogP) is 4.33. The maximum absolute atomic E-state index is 7.00. The van der Waals surface area contributed by atoms with Gasteiger partial charge in [-0.2, -0.15) is 72.8 Å². The standard InChI is InChI=1S/C6H5.2C5H5.CH4O.ClH.Zr/c1-2-4-6-5-3-1;2*1-2-4-5-3-1;1-2;;/h1-5H;2*1-5H;2H,1H3;1H;/q3*-1;;;+3. The van der Waals surface area contributed by atoms with E-state index >= 15 is 0 Å². The van der Waals surface area contributed by atoms with Gasteiger partial charge >= 0.3 is 26.2 Å². The van der Waals surface area contributed by atoms with E-state index in [-0.39, 0.29) is 38.6 Å². The minimum atomic E-state index is 0. The van der Waals surface area contributed by atoms with Gasteiger partial charge in [0.15, 0.2) is 0 Å². The molecule has 0 aliphatic rings. The third-order valence-electron chi connectivity index (χ3n) is 1.72. The molecule has 0 unspecified atom stereocenters. The third-order valence-corrected chi connectivity index (χ3v) is 1.72. The molecule has 1 nitrogen and oxygen atoms in total. The van der Waals surface area contributed by atoms with Crippen molar-refractivity contribution in [3.63, 3.8) is 0 Å². The molecule has 0 spiro atoms. The number of rotatable bonds is 0. The Bertz CT molecular complexity index is 308. The Morgan fingerprint density at radius 2 is 1.00 bits per heavy atom. The second-order valence-corrected chi connectivity index (χ2v) is 3.00. The van der Waals surface area contributed by atoms with E-state index in [4.69, 9.17) is 5.11 Å². The summed E-state index contributed by atoms with van der Waals surface area (Å²) in [5, 5.41) is 7.00. The zero-order valence-electron chi connectivity index (χ0n) is 11.5. The molecule has 0 atom stereocenters. The number of aliphatic hydroxyl groups excluding tert-OH is 1. The van der Waals surface area contributed by atoms with Crippen LogP contribution in [0.1, 0.15) is 0 Å². The molecule has 0 amide bonds. The fourth-order valence-electron chi connectivity index (χ4n) is 0.983. The van der Waals surface area contributed by atoms with Gasteiger partial charge in [0.2, 0.25) is 0 Å². The largest absolute Gasteiger partial charge is 3.00 e. The number of hydrogen-bond donors (Lipinski definition) is 1. The molecule has 1 radical (unpaired) electrons. The molecule has 3 aromatic rings. The average molecular weight is 367 g/mol. The molecule has 0 aliphatic heterocycles. The Morgan fingerprint density at radius 1 is 0.650 bits per heavy atom. The summed E-state index contributed by atoms with van der Waals surface area (Å²) in [6, 6.07) is 32.5. The van der Waals surface area contributed by atoms with E-state index in [1.165, 1.54) is 0 Å². The van der Waals surface area contributed by atoms with Gasteiger partial charge in [-0.15, -0.1) is 12.4 Å². The van der Waals surface area contributed by atoms with Crippen LogP contribution in [0.4, 0.5) is 0 Å². The van der Waals surface area contributed by atoms with Crippen LogP contribution < -0.4 is 0 Å². The molecular formula is C17H20ClOZr. The van der Waals surface area contributed by atoms with Gasteiger partial charge in [0.05, 0.1) is 0 Å². The van der Waals surface area contributed by atoms with Crippen molar-refractivity contribution in [1.82, 2.24) is 0 Å². The van der Waals surface area contributed by atoms with E-state index in [1.54, 1.807) is 0 Å². The van der Waals surface area contributed by atoms with E-state index in [1.807, 2.05) is 91.0 Å². The maximum atomic E-state index is 7.00. The molecule has 0 saturated heterocycles. The molecule has 0 bridgehead atoms. The number of hydrogen-bond acceptors (Lipinski definition) is 1. The van der Waals surface area contributed by atoms with E-state index < -0.39 is 0 Å². The van der Waals surface area contributed by atoms with Gasteiger partial charge in [-0.1, -0.05) is 0 Å². The van der Waals surface area contributed by atoms with Crippen LogP contribution in [0.3, 0.4) is 0 Å². The Morgan fingerprint density at radius 3 is 1.10 bits per heavy atom. The number of benzene rings is 1. The Labute approximate surface area is 147 Å². The first kappa shape index (κ1) is 24.1. The first-order valence-electron chi connectivity index (χ1n) is 5.69. The summed E-state index contributed by atoms with van der Waals surface area (Å²) in [6.45, 7) is 0. The molecule has 105 valence electrons. The van der Waals surface area contributed by atoms with Crippen LogP contribution in [-0.2, 0) is 26.2 Å². The fraction of sp³-hybridized carbons (Fsp3) is 0.0588. The second-order valence-electron chi connectivity index (χ2n) is 3.00. The molecule has 0 saturated carbocycles. The van der Waals surface area contributed by atoms with Crippen molar-refractivity contribution in [3.05, 3.63) is 97.1 Å². The van der Waals surface area contributed by atoms with Crippen LogP contribution in [0.15, 0.2) is 91.0 Å². The normalized spacial score (nSPS) is 6.70. The minimum absolute atomic E-state index is 0. The summed E-state index contributed by atoms with van der Waals surface area (Å²) in [5.74, 6) is 0. The summed E-state index contributed by atoms with van der Waals surface area (Å²) >= 11 is 0. The first-order valence-corrected chi connectivity index (χ1v) is 5.69. The van der Waals surface area contributed by atoms with Crippen molar-refractivity contribution in [2.75, 3.05) is 7.11 Å². The van der Waals surface area contributed by atoms with E-state index in [9.17, 15) is 0 Å². The molecule has 0 aromatic heterocycles. The molecule has 3 rings (SSSR count). The molecule has 0 fully saturated rings. The number of aliphatic hydroxyl groups is 1. The van der Waals surface area contributed by atoms with Gasteiger partial charge < -0.3 is 5.11 Å². The molecule has 20 heavy (non-hydrogen) atoms. The topological polar surface area (TPSA) is 20.2 Å². The van der Waals surface area contributed by atoms with Crippen LogP contribution in [0.2, 0.25) is 0 Å². The Balaban J connectivity index is -0.000000196. The summed E-state index contributed by atoms with van der Waals surface area (Å²) in [4.78, 5) is 0. The van der Waals surface area contributed by atoms with Crippen molar-refractivity contribution in [2.24, 2.45) is 0 Å². The van der Waals surface area contributed by atoms with Crippen LogP contribution in [0.25, 0.3) is 0 Å². The van der Waals surface area contributed by atoms with E-state index in [2.05, 4.69) is 6.07 Å². The van der Waals surface area contributed by atoms with E-state index in [0.29, 0.717) is 0 Å². The summed E-state index contributed by atoms with van der Waals surface area (Å²) in [6.07, 6.45) is 0. The molecule has 3 heteroatoms. The molecule has 3 aromatic carbocycles. The zero-order chi connectivity index (χ0) is 13.3. The molecule has 0 heterocycles. The second kappa shape index (κ2) is 23.2. The fourth-order valence-corrected chi connectivity index (χ4v) is 0.983. The molecule has 0 aliphatic carbocycles. The Hall–Kier alpha value is -0.947. The molecular weight excluding hydrogens is 347 g/mol. The van der Waals surface area contributed by atoms with Gasteiger partial charge in [-0.25, -0.2) is 24.3 Å². The maximum Gasteiger partial charge on any atom is 3.00 e. The Kier molecular flexibility index (Phi) is 27.9. The monoisotopic (exact) mass is 365 g/mol. The smallest absolute Gasteiger partial charge is 0.400 e. The third kappa shape index (κ3) is 19.4. The van der Waals surface area contributed by atoms with Crippen molar-refractivity contribution < 1.29 is 31.3 Å². The zero-order valence-corrected chi connectivity index (χ0v) is 14.8. The predicted molar refractivity (Wildman–Crippen MR) is 84.7 cm³/mol.